The second kappa shape index (κ2) is 8.67. The summed E-state index contributed by atoms with van der Waals surface area (Å²) in [6.45, 7) is 3.02. The lowest BCUT2D eigenvalue weighted by Crippen LogP contribution is -2.53. The van der Waals surface area contributed by atoms with Crippen LogP contribution in [-0.4, -0.2) is 54.5 Å². The van der Waals surface area contributed by atoms with E-state index in [0.29, 0.717) is 39.1 Å². The van der Waals surface area contributed by atoms with Crippen molar-refractivity contribution < 1.29 is 9.59 Å². The molecule has 1 fully saturated rings. The maximum Gasteiger partial charge on any atom is 0.317 e. The molecule has 1 N–H and O–H groups in total. The molecule has 2 aromatic rings. The number of nitrogens with zero attached hydrogens (tertiary/aromatic N) is 2. The van der Waals surface area contributed by atoms with E-state index in [1.165, 1.54) is 5.56 Å². The summed E-state index contributed by atoms with van der Waals surface area (Å²) in [7, 11) is 0. The van der Waals surface area contributed by atoms with Gasteiger partial charge in [-0.25, -0.2) is 4.79 Å². The predicted octanol–water partition coefficient (Wildman–Crippen LogP) is 2.39. The van der Waals surface area contributed by atoms with Crippen LogP contribution >= 0.6 is 11.3 Å². The van der Waals surface area contributed by atoms with E-state index >= 15 is 0 Å². The first-order chi connectivity index (χ1) is 12.2. The standard InChI is InChI=1S/C19H23N3O2S/c23-18(15-17-7-4-14-25-17)21-10-12-22(13-11-21)19(24)20-9-8-16-5-2-1-3-6-16/h1-7,14H,8-13,15H2,(H,20,24). The van der Waals surface area contributed by atoms with Gasteiger partial charge in [0.05, 0.1) is 6.42 Å². The number of piperazine rings is 1. The number of thiophene rings is 1. The molecule has 0 radical (unpaired) electrons. The van der Waals surface area contributed by atoms with E-state index in [1.807, 2.05) is 40.6 Å². The van der Waals surface area contributed by atoms with E-state index in [9.17, 15) is 9.59 Å². The van der Waals surface area contributed by atoms with Crippen molar-refractivity contribution in [2.45, 2.75) is 12.8 Å². The number of hydrogen-bond acceptors (Lipinski definition) is 3. The maximum atomic E-state index is 12.3. The smallest absolute Gasteiger partial charge is 0.317 e. The minimum absolute atomic E-state index is 0.0405. The van der Waals surface area contributed by atoms with Crippen LogP contribution in [0.25, 0.3) is 0 Å². The SMILES string of the molecule is O=C(Cc1cccs1)N1CCN(C(=O)NCCc2ccccc2)CC1. The van der Waals surface area contributed by atoms with Gasteiger partial charge in [-0.2, -0.15) is 0 Å². The number of hydrogen-bond donors (Lipinski definition) is 1. The number of benzene rings is 1. The lowest BCUT2D eigenvalue weighted by molar-refractivity contribution is -0.131. The van der Waals surface area contributed by atoms with Crippen molar-refractivity contribution in [1.29, 1.82) is 0 Å². The molecule has 25 heavy (non-hydrogen) atoms. The molecule has 0 bridgehead atoms. The number of amides is 3. The van der Waals surface area contributed by atoms with Crippen molar-refractivity contribution in [2.24, 2.45) is 0 Å². The predicted molar refractivity (Wildman–Crippen MR) is 99.7 cm³/mol. The number of carbonyl (C=O) groups is 2. The Morgan fingerprint density at radius 2 is 1.68 bits per heavy atom. The topological polar surface area (TPSA) is 52.7 Å². The summed E-state index contributed by atoms with van der Waals surface area (Å²) in [5.41, 5.74) is 1.21. The zero-order valence-electron chi connectivity index (χ0n) is 14.2. The average molecular weight is 357 g/mol. The van der Waals surface area contributed by atoms with Gasteiger partial charge in [-0.15, -0.1) is 11.3 Å². The van der Waals surface area contributed by atoms with Gasteiger partial charge in [-0.3, -0.25) is 4.79 Å². The van der Waals surface area contributed by atoms with E-state index in [-0.39, 0.29) is 11.9 Å². The van der Waals surface area contributed by atoms with Gasteiger partial charge in [0.25, 0.3) is 0 Å². The molecule has 0 saturated carbocycles. The van der Waals surface area contributed by atoms with Crippen molar-refractivity contribution in [3.63, 3.8) is 0 Å². The molecule has 3 amide bonds. The zero-order chi connectivity index (χ0) is 17.5. The molecule has 1 aromatic heterocycles. The molecule has 2 heterocycles. The van der Waals surface area contributed by atoms with Crippen molar-refractivity contribution in [1.82, 2.24) is 15.1 Å². The normalized spacial score (nSPS) is 14.4. The summed E-state index contributed by atoms with van der Waals surface area (Å²) < 4.78 is 0. The molecule has 0 spiro atoms. The Hall–Kier alpha value is -2.34. The van der Waals surface area contributed by atoms with E-state index < -0.39 is 0 Å². The van der Waals surface area contributed by atoms with Crippen molar-refractivity contribution >= 4 is 23.3 Å². The molecule has 1 aliphatic heterocycles. The van der Waals surface area contributed by atoms with Crippen LogP contribution in [0.4, 0.5) is 4.79 Å². The van der Waals surface area contributed by atoms with Crippen molar-refractivity contribution in [3.05, 3.63) is 58.3 Å². The third-order valence-corrected chi connectivity index (χ3v) is 5.23. The highest BCUT2D eigenvalue weighted by atomic mass is 32.1. The molecule has 1 aliphatic rings. The lowest BCUT2D eigenvalue weighted by atomic mass is 10.1. The van der Waals surface area contributed by atoms with Gasteiger partial charge >= 0.3 is 6.03 Å². The fraction of sp³-hybridized carbons (Fsp3) is 0.368. The number of rotatable bonds is 5. The Kier molecular flexibility index (Phi) is 6.06. The van der Waals surface area contributed by atoms with E-state index in [1.54, 1.807) is 16.2 Å². The molecule has 6 heteroatoms. The first-order valence-electron chi connectivity index (χ1n) is 8.59. The molecule has 0 atom stereocenters. The van der Waals surface area contributed by atoms with Crippen LogP contribution in [0.1, 0.15) is 10.4 Å². The highest BCUT2D eigenvalue weighted by Crippen LogP contribution is 2.12. The van der Waals surface area contributed by atoms with Crippen LogP contribution in [0.5, 0.6) is 0 Å². The summed E-state index contributed by atoms with van der Waals surface area (Å²) >= 11 is 1.61. The molecule has 3 rings (SSSR count). The lowest BCUT2D eigenvalue weighted by Gasteiger charge is -2.34. The van der Waals surface area contributed by atoms with E-state index in [2.05, 4.69) is 17.4 Å². The second-order valence-electron chi connectivity index (χ2n) is 6.09. The molecule has 0 unspecified atom stereocenters. The highest BCUT2D eigenvalue weighted by molar-refractivity contribution is 7.10. The van der Waals surface area contributed by atoms with Gasteiger partial charge in [-0.05, 0) is 23.4 Å². The molecule has 1 aromatic carbocycles. The molecular formula is C19H23N3O2S. The largest absolute Gasteiger partial charge is 0.339 e. The monoisotopic (exact) mass is 357 g/mol. The molecule has 0 aliphatic carbocycles. The van der Waals surface area contributed by atoms with Gasteiger partial charge in [0.1, 0.15) is 0 Å². The highest BCUT2D eigenvalue weighted by Gasteiger charge is 2.24. The van der Waals surface area contributed by atoms with Gasteiger partial charge in [0, 0.05) is 37.6 Å². The van der Waals surface area contributed by atoms with Crippen LogP contribution in [0.15, 0.2) is 47.8 Å². The minimum Gasteiger partial charge on any atom is -0.339 e. The van der Waals surface area contributed by atoms with Crippen LogP contribution < -0.4 is 5.32 Å². The van der Waals surface area contributed by atoms with Gasteiger partial charge in [0.2, 0.25) is 5.91 Å². The zero-order valence-corrected chi connectivity index (χ0v) is 15.0. The van der Waals surface area contributed by atoms with E-state index in [4.69, 9.17) is 0 Å². The minimum atomic E-state index is -0.0405. The van der Waals surface area contributed by atoms with Crippen molar-refractivity contribution in [2.75, 3.05) is 32.7 Å². The summed E-state index contributed by atoms with van der Waals surface area (Å²) in [5, 5.41) is 4.95. The van der Waals surface area contributed by atoms with Crippen LogP contribution in [0, 0.1) is 0 Å². The summed E-state index contributed by atoms with van der Waals surface area (Å²) in [6, 6.07) is 14.0. The Bertz CT molecular complexity index is 680. The fourth-order valence-electron chi connectivity index (χ4n) is 2.90. The van der Waals surface area contributed by atoms with Gasteiger partial charge < -0.3 is 15.1 Å². The first kappa shape index (κ1) is 17.5. The third kappa shape index (κ3) is 5.06. The molecular weight excluding hydrogens is 334 g/mol. The van der Waals surface area contributed by atoms with Crippen LogP contribution in [-0.2, 0) is 17.6 Å². The summed E-state index contributed by atoms with van der Waals surface area (Å²) in [4.78, 5) is 29.3. The molecule has 1 saturated heterocycles. The number of carbonyl (C=O) groups excluding carboxylic acids is 2. The second-order valence-corrected chi connectivity index (χ2v) is 7.12. The van der Waals surface area contributed by atoms with Crippen molar-refractivity contribution in [3.8, 4) is 0 Å². The van der Waals surface area contributed by atoms with E-state index in [0.717, 1.165) is 11.3 Å². The Morgan fingerprint density at radius 3 is 2.36 bits per heavy atom. The number of nitrogens with one attached hydrogen (secondary N) is 1. The Labute approximate surface area is 152 Å². The van der Waals surface area contributed by atoms with Gasteiger partial charge in [0.15, 0.2) is 0 Å². The fourth-order valence-corrected chi connectivity index (χ4v) is 3.60. The molecule has 132 valence electrons. The quantitative estimate of drug-likeness (QED) is 0.893. The first-order valence-corrected chi connectivity index (χ1v) is 9.47. The van der Waals surface area contributed by atoms with Crippen LogP contribution in [0.2, 0.25) is 0 Å². The Morgan fingerprint density at radius 1 is 0.960 bits per heavy atom. The maximum absolute atomic E-state index is 12.3. The summed E-state index contributed by atoms with van der Waals surface area (Å²) in [6.07, 6.45) is 1.28. The Balaban J connectivity index is 1.38. The molecule has 5 nitrogen and oxygen atoms in total. The number of urea groups is 1. The average Bonchev–Trinajstić information content (AvgIpc) is 3.15. The summed E-state index contributed by atoms with van der Waals surface area (Å²) in [5.74, 6) is 0.145. The van der Waals surface area contributed by atoms with Crippen LogP contribution in [0.3, 0.4) is 0 Å². The third-order valence-electron chi connectivity index (χ3n) is 4.36. The van der Waals surface area contributed by atoms with Gasteiger partial charge in [-0.1, -0.05) is 36.4 Å².